The van der Waals surface area contributed by atoms with Gasteiger partial charge in [0, 0.05) is 26.2 Å². The van der Waals surface area contributed by atoms with Crippen molar-refractivity contribution in [3.63, 3.8) is 0 Å². The van der Waals surface area contributed by atoms with Gasteiger partial charge < -0.3 is 14.8 Å². The van der Waals surface area contributed by atoms with Crippen molar-refractivity contribution in [2.24, 2.45) is 0 Å². The second-order valence-corrected chi connectivity index (χ2v) is 5.22. The standard InChI is InChI=1S/C15H21N3O3/c1-3-17-8-11(9-18(17)4-2)16-15(19)12-6-5-7-13-14(12)21-10-20-13/h5-7,11H,3-4,8-10H2,1-2H3,(H,16,19). The minimum atomic E-state index is -0.101. The van der Waals surface area contributed by atoms with Gasteiger partial charge in [-0.1, -0.05) is 19.9 Å². The molecule has 0 unspecified atom stereocenters. The van der Waals surface area contributed by atoms with Crippen LogP contribution in [0.5, 0.6) is 11.5 Å². The number of rotatable bonds is 4. The van der Waals surface area contributed by atoms with Gasteiger partial charge in [0.15, 0.2) is 11.5 Å². The number of fused-ring (bicyclic) bond motifs is 1. The average Bonchev–Trinajstić information content (AvgIpc) is 3.12. The van der Waals surface area contributed by atoms with E-state index < -0.39 is 0 Å². The molecule has 0 aromatic heterocycles. The fourth-order valence-corrected chi connectivity index (χ4v) is 2.92. The van der Waals surface area contributed by atoms with Gasteiger partial charge in [0.1, 0.15) is 0 Å². The first-order valence-electron chi connectivity index (χ1n) is 7.42. The Balaban J connectivity index is 1.69. The van der Waals surface area contributed by atoms with Gasteiger partial charge in [-0.2, -0.15) is 0 Å². The predicted octanol–water partition coefficient (Wildman–Crippen LogP) is 1.09. The number of benzene rings is 1. The van der Waals surface area contributed by atoms with Gasteiger partial charge in [0.25, 0.3) is 5.91 Å². The maximum atomic E-state index is 12.5. The van der Waals surface area contributed by atoms with Crippen molar-refractivity contribution in [1.29, 1.82) is 0 Å². The van der Waals surface area contributed by atoms with Crippen LogP contribution < -0.4 is 14.8 Å². The normalized spacial score (nSPS) is 19.1. The Morgan fingerprint density at radius 1 is 1.24 bits per heavy atom. The monoisotopic (exact) mass is 291 g/mol. The molecular formula is C15H21N3O3. The summed E-state index contributed by atoms with van der Waals surface area (Å²) in [6.45, 7) is 8.04. The molecule has 1 aromatic rings. The van der Waals surface area contributed by atoms with Crippen LogP contribution in [0.15, 0.2) is 18.2 Å². The Kier molecular flexibility index (Phi) is 3.98. The van der Waals surface area contributed by atoms with Crippen LogP contribution in [0.1, 0.15) is 24.2 Å². The van der Waals surface area contributed by atoms with Gasteiger partial charge in [-0.15, -0.1) is 0 Å². The molecule has 0 aliphatic carbocycles. The number of hydrogen-bond donors (Lipinski definition) is 1. The number of nitrogens with one attached hydrogen (secondary N) is 1. The van der Waals surface area contributed by atoms with E-state index in [2.05, 4.69) is 29.2 Å². The highest BCUT2D eigenvalue weighted by Crippen LogP contribution is 2.35. The Labute approximate surface area is 124 Å². The molecule has 0 bridgehead atoms. The van der Waals surface area contributed by atoms with E-state index in [1.54, 1.807) is 6.07 Å². The number of para-hydroxylation sites is 1. The summed E-state index contributed by atoms with van der Waals surface area (Å²) in [6, 6.07) is 5.53. The number of carbonyl (C=O) groups is 1. The lowest BCUT2D eigenvalue weighted by Gasteiger charge is -2.24. The van der Waals surface area contributed by atoms with Crippen LogP contribution in [0.4, 0.5) is 0 Å². The van der Waals surface area contributed by atoms with E-state index >= 15 is 0 Å². The summed E-state index contributed by atoms with van der Waals surface area (Å²) in [6.07, 6.45) is 0. The summed E-state index contributed by atoms with van der Waals surface area (Å²) in [7, 11) is 0. The first kappa shape index (κ1) is 14.2. The molecule has 2 aliphatic rings. The van der Waals surface area contributed by atoms with Crippen molar-refractivity contribution in [2.45, 2.75) is 19.9 Å². The third kappa shape index (κ3) is 2.69. The number of amides is 1. The maximum Gasteiger partial charge on any atom is 0.255 e. The first-order valence-corrected chi connectivity index (χ1v) is 7.42. The van der Waals surface area contributed by atoms with Gasteiger partial charge >= 0.3 is 0 Å². The van der Waals surface area contributed by atoms with Crippen LogP contribution in [-0.2, 0) is 0 Å². The van der Waals surface area contributed by atoms with Crippen LogP contribution in [0.25, 0.3) is 0 Å². The molecule has 1 amide bonds. The lowest BCUT2D eigenvalue weighted by molar-refractivity contribution is 0.0388. The van der Waals surface area contributed by atoms with Crippen molar-refractivity contribution in [3.05, 3.63) is 23.8 Å². The second-order valence-electron chi connectivity index (χ2n) is 5.22. The zero-order valence-corrected chi connectivity index (χ0v) is 12.5. The molecule has 0 spiro atoms. The largest absolute Gasteiger partial charge is 0.454 e. The smallest absolute Gasteiger partial charge is 0.255 e. The lowest BCUT2D eigenvalue weighted by atomic mass is 10.1. The minimum absolute atomic E-state index is 0.101. The summed E-state index contributed by atoms with van der Waals surface area (Å²) >= 11 is 0. The highest BCUT2D eigenvalue weighted by molar-refractivity contribution is 5.98. The predicted molar refractivity (Wildman–Crippen MR) is 78.3 cm³/mol. The third-order valence-electron chi connectivity index (χ3n) is 3.97. The highest BCUT2D eigenvalue weighted by atomic mass is 16.7. The van der Waals surface area contributed by atoms with E-state index in [0.29, 0.717) is 17.1 Å². The van der Waals surface area contributed by atoms with Gasteiger partial charge in [0.2, 0.25) is 6.79 Å². The zero-order valence-electron chi connectivity index (χ0n) is 12.5. The van der Waals surface area contributed by atoms with Crippen molar-refractivity contribution >= 4 is 5.91 Å². The third-order valence-corrected chi connectivity index (χ3v) is 3.97. The maximum absolute atomic E-state index is 12.5. The van der Waals surface area contributed by atoms with Gasteiger partial charge in [0.05, 0.1) is 11.6 Å². The quantitative estimate of drug-likeness (QED) is 0.900. The molecule has 0 radical (unpaired) electrons. The fraction of sp³-hybridized carbons (Fsp3) is 0.533. The molecule has 6 heteroatoms. The molecule has 1 fully saturated rings. The minimum Gasteiger partial charge on any atom is -0.454 e. The summed E-state index contributed by atoms with van der Waals surface area (Å²) in [4.78, 5) is 12.5. The van der Waals surface area contributed by atoms with Crippen molar-refractivity contribution in [2.75, 3.05) is 33.0 Å². The van der Waals surface area contributed by atoms with Gasteiger partial charge in [-0.25, -0.2) is 10.0 Å². The van der Waals surface area contributed by atoms with E-state index in [1.165, 1.54) is 0 Å². The summed E-state index contributed by atoms with van der Waals surface area (Å²) in [5.41, 5.74) is 0.544. The van der Waals surface area contributed by atoms with E-state index in [1.807, 2.05) is 12.1 Å². The lowest BCUT2D eigenvalue weighted by Crippen LogP contribution is -2.38. The number of hydrogen-bond acceptors (Lipinski definition) is 5. The van der Waals surface area contributed by atoms with E-state index in [4.69, 9.17) is 9.47 Å². The van der Waals surface area contributed by atoms with Crippen molar-refractivity contribution < 1.29 is 14.3 Å². The number of ether oxygens (including phenoxy) is 2. The highest BCUT2D eigenvalue weighted by Gasteiger charge is 2.30. The molecule has 0 saturated carbocycles. The molecule has 1 N–H and O–H groups in total. The molecule has 0 atom stereocenters. The fourth-order valence-electron chi connectivity index (χ4n) is 2.92. The van der Waals surface area contributed by atoms with Crippen LogP contribution in [-0.4, -0.2) is 54.9 Å². The van der Waals surface area contributed by atoms with E-state index in [0.717, 1.165) is 26.2 Å². The molecule has 2 heterocycles. The molecule has 114 valence electrons. The Morgan fingerprint density at radius 3 is 2.62 bits per heavy atom. The van der Waals surface area contributed by atoms with E-state index in [-0.39, 0.29) is 18.7 Å². The molecule has 1 aromatic carbocycles. The Hall–Kier alpha value is -1.79. The number of hydrazine groups is 1. The Bertz CT molecular complexity index is 523. The number of nitrogens with zero attached hydrogens (tertiary/aromatic N) is 2. The summed E-state index contributed by atoms with van der Waals surface area (Å²) < 4.78 is 10.7. The summed E-state index contributed by atoms with van der Waals surface area (Å²) in [5.74, 6) is 1.09. The number of carbonyl (C=O) groups excluding carboxylic acids is 1. The molecular weight excluding hydrogens is 270 g/mol. The Morgan fingerprint density at radius 2 is 1.95 bits per heavy atom. The van der Waals surface area contributed by atoms with Crippen LogP contribution in [0, 0.1) is 0 Å². The molecule has 1 saturated heterocycles. The molecule has 21 heavy (non-hydrogen) atoms. The second kappa shape index (κ2) is 5.91. The average molecular weight is 291 g/mol. The SMILES string of the molecule is CCN1CC(NC(=O)c2cccc3c2OCO3)CN1CC. The van der Waals surface area contributed by atoms with Crippen molar-refractivity contribution in [1.82, 2.24) is 15.3 Å². The van der Waals surface area contributed by atoms with Gasteiger partial charge in [-0.05, 0) is 12.1 Å². The van der Waals surface area contributed by atoms with Crippen LogP contribution >= 0.6 is 0 Å². The van der Waals surface area contributed by atoms with E-state index in [9.17, 15) is 4.79 Å². The molecule has 3 rings (SSSR count). The molecule has 6 nitrogen and oxygen atoms in total. The topological polar surface area (TPSA) is 54.0 Å². The summed E-state index contributed by atoms with van der Waals surface area (Å²) in [5, 5.41) is 7.62. The van der Waals surface area contributed by atoms with Crippen molar-refractivity contribution in [3.8, 4) is 11.5 Å². The zero-order chi connectivity index (χ0) is 14.8. The first-order chi connectivity index (χ1) is 10.2. The molecule has 2 aliphatic heterocycles. The van der Waals surface area contributed by atoms with Crippen LogP contribution in [0.2, 0.25) is 0 Å². The van der Waals surface area contributed by atoms with Gasteiger partial charge in [-0.3, -0.25) is 4.79 Å². The number of likely N-dealkylation sites (N-methyl/N-ethyl adjacent to an activating group) is 2. The van der Waals surface area contributed by atoms with Crippen LogP contribution in [0.3, 0.4) is 0 Å².